The van der Waals surface area contributed by atoms with Gasteiger partial charge in [-0.2, -0.15) is 16.8 Å². The van der Waals surface area contributed by atoms with Gasteiger partial charge >= 0.3 is 0 Å². The van der Waals surface area contributed by atoms with Gasteiger partial charge in [-0.15, -0.1) is 0 Å². The molecule has 102 valence electrons. The molecule has 0 aliphatic heterocycles. The third-order valence-corrected chi connectivity index (χ3v) is 4.66. The van der Waals surface area contributed by atoms with Crippen molar-refractivity contribution in [3.05, 3.63) is 17.7 Å². The van der Waals surface area contributed by atoms with Crippen LogP contribution in [0.15, 0.2) is 26.8 Å². The predicted molar refractivity (Wildman–Crippen MR) is 59.8 cm³/mol. The molecule has 0 aliphatic carbocycles. The van der Waals surface area contributed by atoms with E-state index in [1.165, 1.54) is 0 Å². The predicted octanol–water partition coefficient (Wildman–Crippen LogP) is 0.0690. The molecule has 0 aliphatic rings. The molecule has 0 saturated carbocycles. The summed E-state index contributed by atoms with van der Waals surface area (Å²) in [6.45, 7) is 1.11. The molecule has 1 aromatic rings. The molecule has 0 radical (unpaired) electrons. The van der Waals surface area contributed by atoms with Crippen molar-refractivity contribution < 1.29 is 34.7 Å². The molecule has 0 fully saturated rings. The lowest BCUT2D eigenvalue weighted by Gasteiger charge is -2.08. The Morgan fingerprint density at radius 2 is 1.56 bits per heavy atom. The Morgan fingerprint density at radius 1 is 1.06 bits per heavy atom. The first-order chi connectivity index (χ1) is 7.94. The van der Waals surface area contributed by atoms with Gasteiger partial charge in [-0.1, -0.05) is 0 Å². The number of benzene rings is 1. The van der Waals surface area contributed by atoms with Gasteiger partial charge < -0.3 is 4.55 Å². The minimum atomic E-state index is -4.79. The van der Waals surface area contributed by atoms with Gasteiger partial charge in [0.15, 0.2) is 11.1 Å². The average Bonchev–Trinajstić information content (AvgIpc) is 2.13. The molecule has 1 unspecified atom stereocenters. The van der Waals surface area contributed by atoms with Crippen LogP contribution in [0.3, 0.4) is 0 Å². The van der Waals surface area contributed by atoms with Gasteiger partial charge in [0.05, 0.1) is 14.7 Å². The summed E-state index contributed by atoms with van der Waals surface area (Å²) >= 11 is -2.68. The Bertz CT molecular complexity index is 715. The van der Waals surface area contributed by atoms with Crippen molar-refractivity contribution in [3.8, 4) is 0 Å². The SMILES string of the molecule is Cc1c(S(=O)O)cc(S(=O)(=O)O)cc1S(=O)(=O)O. The summed E-state index contributed by atoms with van der Waals surface area (Å²) in [6, 6.07) is 1.14. The summed E-state index contributed by atoms with van der Waals surface area (Å²) in [4.78, 5) is -2.31. The molecule has 18 heavy (non-hydrogen) atoms. The molecule has 3 N–H and O–H groups in total. The van der Waals surface area contributed by atoms with Crippen molar-refractivity contribution in [1.82, 2.24) is 0 Å². The van der Waals surface area contributed by atoms with E-state index in [1.54, 1.807) is 0 Å². The zero-order valence-electron chi connectivity index (χ0n) is 8.76. The Balaban J connectivity index is 3.86. The third-order valence-electron chi connectivity index (χ3n) is 2.05. The highest BCUT2D eigenvalue weighted by molar-refractivity contribution is 7.86. The Labute approximate surface area is 105 Å². The van der Waals surface area contributed by atoms with E-state index in [-0.39, 0.29) is 5.56 Å². The summed E-state index contributed by atoms with van der Waals surface area (Å²) in [6.07, 6.45) is 0. The maximum Gasteiger partial charge on any atom is 0.294 e. The van der Waals surface area contributed by atoms with E-state index >= 15 is 0 Å². The molecule has 1 rings (SSSR count). The van der Waals surface area contributed by atoms with Crippen LogP contribution in [0.4, 0.5) is 0 Å². The Hall–Kier alpha value is -0.850. The van der Waals surface area contributed by atoms with Gasteiger partial charge in [0.1, 0.15) is 0 Å². The van der Waals surface area contributed by atoms with Gasteiger partial charge in [0, 0.05) is 0 Å². The molecule has 0 heterocycles. The highest BCUT2D eigenvalue weighted by atomic mass is 32.2. The molecule has 1 aromatic carbocycles. The highest BCUT2D eigenvalue weighted by Gasteiger charge is 2.23. The monoisotopic (exact) mass is 316 g/mol. The van der Waals surface area contributed by atoms with Crippen LogP contribution >= 0.6 is 0 Å². The van der Waals surface area contributed by atoms with Crippen LogP contribution in [0.2, 0.25) is 0 Å². The van der Waals surface area contributed by atoms with Crippen molar-refractivity contribution in [2.75, 3.05) is 0 Å². The lowest BCUT2D eigenvalue weighted by Crippen LogP contribution is -2.08. The zero-order chi connectivity index (χ0) is 14.3. The number of hydrogen-bond acceptors (Lipinski definition) is 5. The van der Waals surface area contributed by atoms with Gasteiger partial charge in [0.25, 0.3) is 20.2 Å². The van der Waals surface area contributed by atoms with E-state index in [9.17, 15) is 21.0 Å². The molecule has 0 aromatic heterocycles. The van der Waals surface area contributed by atoms with Crippen LogP contribution in [-0.4, -0.2) is 34.7 Å². The first-order valence-electron chi connectivity index (χ1n) is 4.15. The molecular formula is C7H8O8S3. The number of rotatable bonds is 3. The molecule has 0 bridgehead atoms. The van der Waals surface area contributed by atoms with Crippen molar-refractivity contribution in [2.45, 2.75) is 21.6 Å². The first-order valence-corrected chi connectivity index (χ1v) is 8.13. The standard InChI is InChI=1S/C7H8O8S3/c1-4-6(16(8)9)2-5(17(10,11)12)3-7(4)18(13,14)15/h2-3H,1H3,(H,8,9)(H,10,11,12)(H,13,14,15). The quantitative estimate of drug-likeness (QED) is 0.524. The molecule has 1 atom stereocenters. The lowest BCUT2D eigenvalue weighted by atomic mass is 10.2. The smallest absolute Gasteiger partial charge is 0.294 e. The van der Waals surface area contributed by atoms with Crippen LogP contribution in [-0.2, 0) is 31.3 Å². The summed E-state index contributed by atoms with van der Waals surface area (Å²) < 4.78 is 81.3. The van der Waals surface area contributed by atoms with E-state index in [2.05, 4.69) is 0 Å². The second kappa shape index (κ2) is 4.68. The van der Waals surface area contributed by atoms with Crippen LogP contribution < -0.4 is 0 Å². The van der Waals surface area contributed by atoms with Crippen molar-refractivity contribution >= 4 is 31.3 Å². The topological polar surface area (TPSA) is 146 Å². The highest BCUT2D eigenvalue weighted by Crippen LogP contribution is 2.25. The maximum absolute atomic E-state index is 11.0. The molecule has 8 nitrogen and oxygen atoms in total. The fourth-order valence-corrected chi connectivity index (χ4v) is 3.36. The van der Waals surface area contributed by atoms with E-state index in [4.69, 9.17) is 13.7 Å². The second-order valence-electron chi connectivity index (χ2n) is 3.24. The van der Waals surface area contributed by atoms with E-state index < -0.39 is 46.0 Å². The summed E-state index contributed by atoms with van der Waals surface area (Å²) in [5.41, 5.74) is -0.286. The van der Waals surface area contributed by atoms with Crippen LogP contribution in [0.5, 0.6) is 0 Å². The van der Waals surface area contributed by atoms with Crippen LogP contribution in [0.25, 0.3) is 0 Å². The molecule has 11 heteroatoms. The average molecular weight is 316 g/mol. The minimum absolute atomic E-state index is 0.286. The zero-order valence-corrected chi connectivity index (χ0v) is 11.2. The molecular weight excluding hydrogens is 308 g/mol. The van der Waals surface area contributed by atoms with Gasteiger partial charge in [-0.25, -0.2) is 4.21 Å². The normalized spacial score (nSPS) is 14.4. The summed E-state index contributed by atoms with van der Waals surface area (Å²) in [5, 5.41) is 0. The van der Waals surface area contributed by atoms with Gasteiger partial charge in [0.2, 0.25) is 0 Å². The second-order valence-corrected chi connectivity index (χ2v) is 6.99. The molecule has 0 amide bonds. The van der Waals surface area contributed by atoms with Gasteiger partial charge in [-0.3, -0.25) is 9.11 Å². The lowest BCUT2D eigenvalue weighted by molar-refractivity contribution is 0.480. The van der Waals surface area contributed by atoms with Crippen molar-refractivity contribution in [3.63, 3.8) is 0 Å². The third kappa shape index (κ3) is 3.13. The van der Waals surface area contributed by atoms with Crippen molar-refractivity contribution in [2.24, 2.45) is 0 Å². The molecule has 0 saturated heterocycles. The molecule has 0 spiro atoms. The fourth-order valence-electron chi connectivity index (χ4n) is 1.24. The van der Waals surface area contributed by atoms with E-state index in [0.29, 0.717) is 12.1 Å². The minimum Gasteiger partial charge on any atom is -0.302 e. The number of hydrogen-bond donors (Lipinski definition) is 3. The largest absolute Gasteiger partial charge is 0.302 e. The van der Waals surface area contributed by atoms with E-state index in [1.807, 2.05) is 0 Å². The summed E-state index contributed by atoms with van der Waals surface area (Å²) in [5.74, 6) is 0. The summed E-state index contributed by atoms with van der Waals surface area (Å²) in [7, 11) is -9.57. The van der Waals surface area contributed by atoms with Crippen LogP contribution in [0, 0.1) is 6.92 Å². The van der Waals surface area contributed by atoms with Crippen molar-refractivity contribution in [1.29, 1.82) is 0 Å². The van der Waals surface area contributed by atoms with Crippen LogP contribution in [0.1, 0.15) is 5.56 Å². The Morgan fingerprint density at radius 3 is 1.89 bits per heavy atom. The first kappa shape index (κ1) is 15.2. The maximum atomic E-state index is 11.0. The van der Waals surface area contributed by atoms with Gasteiger partial charge in [-0.05, 0) is 24.6 Å². The van der Waals surface area contributed by atoms with E-state index in [0.717, 1.165) is 6.92 Å². The Kier molecular flexibility index (Phi) is 3.95. The fraction of sp³-hybridized carbons (Fsp3) is 0.143.